The first kappa shape index (κ1) is 16.6. The second kappa shape index (κ2) is 7.99. The van der Waals surface area contributed by atoms with Crippen LogP contribution >= 0.6 is 15.9 Å². The van der Waals surface area contributed by atoms with Crippen LogP contribution in [0.2, 0.25) is 0 Å². The summed E-state index contributed by atoms with van der Waals surface area (Å²) >= 11 is 3.62. The molecule has 0 spiro atoms. The Kier molecular flexibility index (Phi) is 6.99. The van der Waals surface area contributed by atoms with Crippen LogP contribution in [0.1, 0.15) is 38.6 Å². The lowest BCUT2D eigenvalue weighted by atomic mass is 10.0. The highest BCUT2D eigenvalue weighted by molar-refractivity contribution is 9.10. The molecule has 1 aromatic heterocycles. The molecular formula is C13H25BrN4O. The van der Waals surface area contributed by atoms with Crippen molar-refractivity contribution in [3.8, 4) is 0 Å². The highest BCUT2D eigenvalue weighted by atomic mass is 79.9. The molecule has 1 heterocycles. The van der Waals surface area contributed by atoms with E-state index in [-0.39, 0.29) is 12.1 Å². The molecule has 0 aliphatic carbocycles. The van der Waals surface area contributed by atoms with E-state index < -0.39 is 0 Å². The van der Waals surface area contributed by atoms with E-state index in [9.17, 15) is 0 Å². The second-order valence-electron chi connectivity index (χ2n) is 4.54. The fourth-order valence-corrected chi connectivity index (χ4v) is 2.75. The number of hydrogen-bond acceptors (Lipinski definition) is 4. The predicted molar refractivity (Wildman–Crippen MR) is 80.9 cm³/mol. The zero-order valence-corrected chi connectivity index (χ0v) is 13.8. The first-order valence-corrected chi connectivity index (χ1v) is 7.67. The van der Waals surface area contributed by atoms with Crippen LogP contribution in [0, 0.1) is 6.92 Å². The van der Waals surface area contributed by atoms with Gasteiger partial charge in [-0.15, -0.1) is 0 Å². The summed E-state index contributed by atoms with van der Waals surface area (Å²) in [6, 6.07) is 0.0858. The lowest BCUT2D eigenvalue weighted by molar-refractivity contribution is 0.0314. The van der Waals surface area contributed by atoms with Crippen molar-refractivity contribution >= 4 is 15.9 Å². The standard InChI is InChI=1S/C13H25BrN4O/c1-5-12(19-7-3)10(16-15)8-11-13(14)9(4)17-18(11)6-2/h10,12,16H,5-8,15H2,1-4H3. The molecule has 19 heavy (non-hydrogen) atoms. The Balaban J connectivity index is 2.91. The van der Waals surface area contributed by atoms with Gasteiger partial charge >= 0.3 is 0 Å². The zero-order valence-electron chi connectivity index (χ0n) is 12.2. The van der Waals surface area contributed by atoms with Gasteiger partial charge in [-0.2, -0.15) is 5.10 Å². The van der Waals surface area contributed by atoms with Gasteiger partial charge in [0.25, 0.3) is 0 Å². The summed E-state index contributed by atoms with van der Waals surface area (Å²) in [7, 11) is 0. The summed E-state index contributed by atoms with van der Waals surface area (Å²) in [5.74, 6) is 5.70. The van der Waals surface area contributed by atoms with Crippen LogP contribution in [0.4, 0.5) is 0 Å². The van der Waals surface area contributed by atoms with Gasteiger partial charge in [-0.05, 0) is 43.1 Å². The fraction of sp³-hybridized carbons (Fsp3) is 0.769. The number of hydrogen-bond donors (Lipinski definition) is 2. The Labute approximate surface area is 124 Å². The molecule has 0 bridgehead atoms. The number of aromatic nitrogens is 2. The number of aryl methyl sites for hydroxylation is 2. The minimum absolute atomic E-state index is 0.0858. The summed E-state index contributed by atoms with van der Waals surface area (Å²) in [5.41, 5.74) is 5.07. The quantitative estimate of drug-likeness (QED) is 0.565. The third kappa shape index (κ3) is 4.02. The van der Waals surface area contributed by atoms with Gasteiger partial charge in [-0.25, -0.2) is 0 Å². The van der Waals surface area contributed by atoms with E-state index in [0.29, 0.717) is 6.61 Å². The highest BCUT2D eigenvalue weighted by Crippen LogP contribution is 2.23. The molecule has 3 N–H and O–H groups in total. The monoisotopic (exact) mass is 332 g/mol. The molecule has 2 unspecified atom stereocenters. The molecule has 2 atom stereocenters. The van der Waals surface area contributed by atoms with Crippen molar-refractivity contribution in [1.82, 2.24) is 15.2 Å². The molecule has 0 aliphatic heterocycles. The van der Waals surface area contributed by atoms with Crippen LogP contribution < -0.4 is 11.3 Å². The first-order chi connectivity index (χ1) is 9.08. The molecule has 1 aromatic rings. The molecule has 0 amide bonds. The number of nitrogens with two attached hydrogens (primary N) is 1. The topological polar surface area (TPSA) is 65.1 Å². The van der Waals surface area contributed by atoms with Gasteiger partial charge in [0.2, 0.25) is 0 Å². The largest absolute Gasteiger partial charge is 0.377 e. The van der Waals surface area contributed by atoms with Crippen molar-refractivity contribution < 1.29 is 4.74 Å². The number of rotatable bonds is 8. The van der Waals surface area contributed by atoms with Gasteiger partial charge in [0.05, 0.1) is 28.0 Å². The first-order valence-electron chi connectivity index (χ1n) is 6.88. The summed E-state index contributed by atoms with van der Waals surface area (Å²) in [6.45, 7) is 9.76. The number of nitrogens with zero attached hydrogens (tertiary/aromatic N) is 2. The highest BCUT2D eigenvalue weighted by Gasteiger charge is 2.23. The molecule has 6 heteroatoms. The Morgan fingerprint density at radius 3 is 2.58 bits per heavy atom. The molecule has 0 saturated carbocycles. The van der Waals surface area contributed by atoms with Crippen molar-refractivity contribution in [1.29, 1.82) is 0 Å². The molecule has 0 aliphatic rings. The fourth-order valence-electron chi connectivity index (χ4n) is 2.30. The number of nitrogens with one attached hydrogen (secondary N) is 1. The summed E-state index contributed by atoms with van der Waals surface area (Å²) in [4.78, 5) is 0. The molecule has 0 fully saturated rings. The number of hydrazine groups is 1. The van der Waals surface area contributed by atoms with Crippen molar-refractivity contribution in [2.45, 2.75) is 59.2 Å². The third-order valence-electron chi connectivity index (χ3n) is 3.31. The molecular weight excluding hydrogens is 308 g/mol. The van der Waals surface area contributed by atoms with Crippen LogP contribution in [0.15, 0.2) is 4.47 Å². The van der Waals surface area contributed by atoms with Crippen LogP contribution in [0.3, 0.4) is 0 Å². The summed E-state index contributed by atoms with van der Waals surface area (Å²) in [5, 5.41) is 4.51. The van der Waals surface area contributed by atoms with E-state index in [2.05, 4.69) is 40.3 Å². The van der Waals surface area contributed by atoms with Crippen molar-refractivity contribution in [2.24, 2.45) is 5.84 Å². The van der Waals surface area contributed by atoms with Crippen LogP contribution in [0.5, 0.6) is 0 Å². The van der Waals surface area contributed by atoms with Gasteiger partial charge in [0.15, 0.2) is 0 Å². The van der Waals surface area contributed by atoms with Gasteiger partial charge in [0.1, 0.15) is 0 Å². The third-order valence-corrected chi connectivity index (χ3v) is 4.34. The summed E-state index contributed by atoms with van der Waals surface area (Å²) < 4.78 is 8.84. The maximum Gasteiger partial charge on any atom is 0.0742 e. The Morgan fingerprint density at radius 1 is 1.42 bits per heavy atom. The average molecular weight is 333 g/mol. The maximum absolute atomic E-state index is 5.75. The van der Waals surface area contributed by atoms with Crippen LogP contribution in [-0.2, 0) is 17.7 Å². The van der Waals surface area contributed by atoms with Crippen LogP contribution in [0.25, 0.3) is 0 Å². The lowest BCUT2D eigenvalue weighted by Crippen LogP contribution is -2.46. The van der Waals surface area contributed by atoms with Crippen molar-refractivity contribution in [3.05, 3.63) is 15.9 Å². The SMILES string of the molecule is CCOC(CC)C(Cc1c(Br)c(C)nn1CC)NN. The van der Waals surface area contributed by atoms with Crippen molar-refractivity contribution in [3.63, 3.8) is 0 Å². The lowest BCUT2D eigenvalue weighted by Gasteiger charge is -2.25. The maximum atomic E-state index is 5.75. The smallest absolute Gasteiger partial charge is 0.0742 e. The number of halogens is 1. The van der Waals surface area contributed by atoms with E-state index >= 15 is 0 Å². The Morgan fingerprint density at radius 2 is 2.11 bits per heavy atom. The van der Waals surface area contributed by atoms with E-state index in [1.807, 2.05) is 18.5 Å². The van der Waals surface area contributed by atoms with E-state index in [1.165, 1.54) is 5.69 Å². The molecule has 0 aromatic carbocycles. The van der Waals surface area contributed by atoms with E-state index in [4.69, 9.17) is 10.6 Å². The second-order valence-corrected chi connectivity index (χ2v) is 5.33. The van der Waals surface area contributed by atoms with Gasteiger partial charge in [0, 0.05) is 19.6 Å². The number of ether oxygens (including phenoxy) is 1. The van der Waals surface area contributed by atoms with E-state index in [1.54, 1.807) is 0 Å². The molecule has 5 nitrogen and oxygen atoms in total. The zero-order chi connectivity index (χ0) is 14.4. The Bertz CT molecular complexity index is 394. The minimum Gasteiger partial charge on any atom is -0.377 e. The van der Waals surface area contributed by atoms with E-state index in [0.717, 1.165) is 29.6 Å². The van der Waals surface area contributed by atoms with Gasteiger partial charge < -0.3 is 4.74 Å². The van der Waals surface area contributed by atoms with Gasteiger partial charge in [-0.3, -0.25) is 16.0 Å². The normalized spacial score (nSPS) is 14.6. The van der Waals surface area contributed by atoms with Crippen molar-refractivity contribution in [2.75, 3.05) is 6.61 Å². The molecule has 110 valence electrons. The molecule has 0 radical (unpaired) electrons. The summed E-state index contributed by atoms with van der Waals surface area (Å²) in [6.07, 6.45) is 1.84. The molecule has 0 saturated heterocycles. The molecule has 1 rings (SSSR count). The average Bonchev–Trinajstić information content (AvgIpc) is 2.69. The predicted octanol–water partition coefficient (Wildman–Crippen LogP) is 2.16. The Hall–Kier alpha value is -0.430. The van der Waals surface area contributed by atoms with Crippen LogP contribution in [-0.4, -0.2) is 28.5 Å². The minimum atomic E-state index is 0.0858. The van der Waals surface area contributed by atoms with Gasteiger partial charge in [-0.1, -0.05) is 6.92 Å².